The predicted octanol–water partition coefficient (Wildman–Crippen LogP) is -0.168. The second-order valence-electron chi connectivity index (χ2n) is 7.48. The maximum atomic E-state index is 13.5. The number of amides is 2. The Morgan fingerprint density at radius 3 is 2.14 bits per heavy atom. The summed E-state index contributed by atoms with van der Waals surface area (Å²) in [4.78, 5) is 28.3. The third-order valence-corrected chi connectivity index (χ3v) is 6.30. The van der Waals surface area contributed by atoms with E-state index in [0.29, 0.717) is 5.69 Å². The molecule has 0 radical (unpaired) electrons. The van der Waals surface area contributed by atoms with E-state index in [9.17, 15) is 9.59 Å². The Balaban J connectivity index is 0.00000171. The largest absolute Gasteiger partial charge is 1.00 e. The first-order chi connectivity index (χ1) is 13.3. The molecule has 2 aromatic carbocycles. The number of hydrogen-bond donors (Lipinski definition) is 0. The van der Waals surface area contributed by atoms with Gasteiger partial charge in [0.2, 0.25) is 11.8 Å². The Labute approximate surface area is 173 Å². The molecule has 1 aromatic heterocycles. The van der Waals surface area contributed by atoms with Crippen LogP contribution in [0.5, 0.6) is 0 Å². The normalized spacial score (nSPS) is 26.4. The third kappa shape index (κ3) is 2.02. The zero-order valence-electron chi connectivity index (χ0n) is 14.9. The van der Waals surface area contributed by atoms with Gasteiger partial charge in [0.1, 0.15) is 5.92 Å². The zero-order chi connectivity index (χ0) is 18.1. The number of anilines is 1. The maximum absolute atomic E-state index is 13.5. The molecule has 4 nitrogen and oxygen atoms in total. The minimum absolute atomic E-state index is 0. The number of carbonyl (C=O) groups is 2. The van der Waals surface area contributed by atoms with E-state index in [4.69, 9.17) is 0 Å². The van der Waals surface area contributed by atoms with Crippen LogP contribution in [0.25, 0.3) is 0 Å². The zero-order valence-corrected chi connectivity index (χ0v) is 16.5. The molecule has 1 aliphatic carbocycles. The molecule has 28 heavy (non-hydrogen) atoms. The minimum Gasteiger partial charge on any atom is -1.00 e. The summed E-state index contributed by atoms with van der Waals surface area (Å²) in [6.07, 6.45) is 2.04. The average Bonchev–Trinajstić information content (AvgIpc) is 3.00. The van der Waals surface area contributed by atoms with Gasteiger partial charge in [0, 0.05) is 17.7 Å². The molecule has 5 heteroatoms. The van der Waals surface area contributed by atoms with Gasteiger partial charge in [-0.15, -0.1) is 0 Å². The molecule has 138 valence electrons. The highest BCUT2D eigenvalue weighted by atomic mass is 79.9. The number of para-hydroxylation sites is 1. The van der Waals surface area contributed by atoms with Gasteiger partial charge in [-0.25, -0.2) is 4.90 Å². The van der Waals surface area contributed by atoms with Crippen LogP contribution >= 0.6 is 0 Å². The number of pyridine rings is 1. The average molecular weight is 433 g/mol. The summed E-state index contributed by atoms with van der Waals surface area (Å²) in [5, 5.41) is 0. The maximum Gasteiger partial charge on any atom is 0.244 e. The summed E-state index contributed by atoms with van der Waals surface area (Å²) in [6, 6.07) is 23.5. The van der Waals surface area contributed by atoms with Gasteiger partial charge in [0.15, 0.2) is 17.9 Å². The van der Waals surface area contributed by atoms with Crippen molar-refractivity contribution < 1.29 is 31.1 Å². The summed E-state index contributed by atoms with van der Waals surface area (Å²) in [6.45, 7) is 0. The van der Waals surface area contributed by atoms with Crippen molar-refractivity contribution in [2.45, 2.75) is 12.0 Å². The topological polar surface area (TPSA) is 41.3 Å². The summed E-state index contributed by atoms with van der Waals surface area (Å²) in [5.41, 5.74) is 4.15. The molecule has 4 heterocycles. The van der Waals surface area contributed by atoms with Crippen molar-refractivity contribution in [2.24, 2.45) is 11.8 Å². The van der Waals surface area contributed by atoms with Crippen LogP contribution in [-0.4, -0.2) is 11.8 Å². The van der Waals surface area contributed by atoms with E-state index in [0.717, 1.165) is 5.69 Å². The summed E-state index contributed by atoms with van der Waals surface area (Å²) in [5.74, 6) is -0.918. The van der Waals surface area contributed by atoms with Crippen molar-refractivity contribution in [3.05, 3.63) is 95.8 Å². The number of halogens is 1. The number of rotatable bonds is 1. The number of benzene rings is 2. The Bertz CT molecular complexity index is 999. The lowest BCUT2D eigenvalue weighted by Gasteiger charge is -2.40. The lowest BCUT2D eigenvalue weighted by atomic mass is 9.63. The van der Waals surface area contributed by atoms with E-state index < -0.39 is 0 Å². The summed E-state index contributed by atoms with van der Waals surface area (Å²) in [7, 11) is 0. The molecule has 0 saturated carbocycles. The van der Waals surface area contributed by atoms with E-state index in [1.54, 1.807) is 0 Å². The lowest BCUT2D eigenvalue weighted by molar-refractivity contribution is -0.736. The number of imide groups is 1. The van der Waals surface area contributed by atoms with Crippen LogP contribution in [0.3, 0.4) is 0 Å². The standard InChI is InChI=1S/C23H17N2O2.BrH/c26-22-19-18-15-10-4-5-11-16(15)21(24-13-7-6-12-17(18)24)20(19)23(27)25(22)14-8-2-1-3-9-14;/h1-13,18-21H;1H/q+1;/p-1. The van der Waals surface area contributed by atoms with Crippen molar-refractivity contribution >= 4 is 17.5 Å². The first-order valence-corrected chi connectivity index (χ1v) is 9.29. The van der Waals surface area contributed by atoms with Gasteiger partial charge in [-0.05, 0) is 17.7 Å². The molecule has 4 unspecified atom stereocenters. The fourth-order valence-electron chi connectivity index (χ4n) is 5.33. The van der Waals surface area contributed by atoms with Crippen LogP contribution in [0.1, 0.15) is 28.8 Å². The van der Waals surface area contributed by atoms with Crippen LogP contribution in [-0.2, 0) is 9.59 Å². The van der Waals surface area contributed by atoms with E-state index in [2.05, 4.69) is 22.8 Å². The predicted molar refractivity (Wildman–Crippen MR) is 99.0 cm³/mol. The minimum atomic E-state index is -0.350. The van der Waals surface area contributed by atoms with E-state index >= 15 is 0 Å². The number of aromatic nitrogens is 1. The molecule has 0 N–H and O–H groups in total. The molecular formula is C23H17BrN2O2. The Kier molecular flexibility index (Phi) is 3.78. The van der Waals surface area contributed by atoms with Crippen molar-refractivity contribution in [2.75, 3.05) is 4.90 Å². The molecule has 2 bridgehead atoms. The van der Waals surface area contributed by atoms with E-state index in [1.807, 2.05) is 60.8 Å². The van der Waals surface area contributed by atoms with Gasteiger partial charge >= 0.3 is 0 Å². The third-order valence-electron chi connectivity index (χ3n) is 6.30. The van der Waals surface area contributed by atoms with Crippen LogP contribution < -0.4 is 26.4 Å². The molecule has 0 spiro atoms. The molecule has 7 rings (SSSR count). The number of carbonyl (C=O) groups excluding carboxylic acids is 2. The molecule has 3 aromatic rings. The van der Waals surface area contributed by atoms with Gasteiger partial charge in [-0.1, -0.05) is 48.5 Å². The van der Waals surface area contributed by atoms with Gasteiger partial charge in [0.25, 0.3) is 0 Å². The smallest absolute Gasteiger partial charge is 0.244 e. The Morgan fingerprint density at radius 1 is 0.714 bits per heavy atom. The monoisotopic (exact) mass is 432 g/mol. The molecule has 4 aliphatic rings. The first-order valence-electron chi connectivity index (χ1n) is 9.29. The highest BCUT2D eigenvalue weighted by Crippen LogP contribution is 2.55. The first kappa shape index (κ1) is 17.3. The SMILES string of the molecule is O=C1C2C3c4ccccc4C(C2C(=O)N1c1ccccc1)[n+]1ccccc13.[Br-]. The highest BCUT2D eigenvalue weighted by Gasteiger charge is 2.66. The number of nitrogens with zero attached hydrogens (tertiary/aromatic N) is 2. The fraction of sp³-hybridized carbons (Fsp3) is 0.174. The van der Waals surface area contributed by atoms with Gasteiger partial charge in [0.05, 0.1) is 17.5 Å². The second kappa shape index (κ2) is 6.11. The molecule has 4 atom stereocenters. The second-order valence-corrected chi connectivity index (χ2v) is 7.48. The number of hydrogen-bond acceptors (Lipinski definition) is 2. The van der Waals surface area contributed by atoms with Crippen LogP contribution in [0.15, 0.2) is 79.0 Å². The van der Waals surface area contributed by atoms with Crippen molar-refractivity contribution in [3.8, 4) is 0 Å². The van der Waals surface area contributed by atoms with Crippen LogP contribution in [0.2, 0.25) is 0 Å². The lowest BCUT2D eigenvalue weighted by Crippen LogP contribution is -3.00. The van der Waals surface area contributed by atoms with Crippen LogP contribution in [0, 0.1) is 11.8 Å². The van der Waals surface area contributed by atoms with E-state index in [1.165, 1.54) is 16.0 Å². The van der Waals surface area contributed by atoms with Crippen molar-refractivity contribution in [1.29, 1.82) is 0 Å². The highest BCUT2D eigenvalue weighted by molar-refractivity contribution is 6.23. The van der Waals surface area contributed by atoms with Crippen molar-refractivity contribution in [1.82, 2.24) is 0 Å². The quantitative estimate of drug-likeness (QED) is 0.395. The Hall–Kier alpha value is -2.79. The Morgan fingerprint density at radius 2 is 1.36 bits per heavy atom. The molecule has 1 saturated heterocycles. The molecule has 2 amide bonds. The fourth-order valence-corrected chi connectivity index (χ4v) is 5.33. The molecule has 3 aliphatic heterocycles. The van der Waals surface area contributed by atoms with Crippen LogP contribution in [0.4, 0.5) is 5.69 Å². The van der Waals surface area contributed by atoms with Gasteiger partial charge < -0.3 is 17.0 Å². The summed E-state index contributed by atoms with van der Waals surface area (Å²) >= 11 is 0. The summed E-state index contributed by atoms with van der Waals surface area (Å²) < 4.78 is 2.20. The molecule has 1 fully saturated rings. The van der Waals surface area contributed by atoms with Gasteiger partial charge in [-0.3, -0.25) is 9.59 Å². The van der Waals surface area contributed by atoms with Crippen molar-refractivity contribution in [3.63, 3.8) is 0 Å². The molecular weight excluding hydrogens is 416 g/mol. The van der Waals surface area contributed by atoms with Gasteiger partial charge in [-0.2, -0.15) is 4.57 Å². The van der Waals surface area contributed by atoms with E-state index in [-0.39, 0.29) is 52.6 Å².